The third-order valence-corrected chi connectivity index (χ3v) is 26.5. The van der Waals surface area contributed by atoms with Crippen molar-refractivity contribution in [3.8, 4) is 5.75 Å². The van der Waals surface area contributed by atoms with E-state index in [9.17, 15) is 9.59 Å². The number of nitrogens with one attached hydrogen (secondary N) is 1. The fraction of sp³-hybridized carbons (Fsp3) is 0.404. The van der Waals surface area contributed by atoms with Crippen LogP contribution in [0.4, 0.5) is 0 Å². The maximum absolute atomic E-state index is 15.2. The van der Waals surface area contributed by atoms with Crippen LogP contribution in [-0.4, -0.2) is 89.0 Å². The Labute approximate surface area is 389 Å². The smallest absolute Gasteiger partial charge is 0.356 e. The summed E-state index contributed by atoms with van der Waals surface area (Å²) in [7, 11) is -4.34. The second kappa shape index (κ2) is 21.2. The zero-order chi connectivity index (χ0) is 47.8. The number of nitrogens with zero attached hydrogens (tertiary/aromatic N) is 1. The Hall–Kier alpha value is -4.85. The highest BCUT2D eigenvalue weighted by Crippen LogP contribution is 2.51. The van der Waals surface area contributed by atoms with E-state index in [1.54, 1.807) is 29.2 Å². The number of carbonyl (C=O) groups is 4. The summed E-state index contributed by atoms with van der Waals surface area (Å²) in [5.41, 5.74) is 0.585. The molecule has 1 N–H and O–H groups in total. The first-order valence-electron chi connectivity index (χ1n) is 22.5. The van der Waals surface area contributed by atoms with Crippen molar-refractivity contribution in [2.45, 2.75) is 103 Å². The SMILES string of the molecule is C=CCOC(=O)C(N1C(=O)[C@H]([C@@H](C)O[Si](C)(C)C(C)(C)C)[C@H]1CC(=O)c1ccc(OCC(=O)NCCO[Si](C)(C)C(C)(C)C)cc1)=P(c1ccccc1)(c1ccccc1)c1ccccc1. The summed E-state index contributed by atoms with van der Waals surface area (Å²) in [6, 6.07) is 35.3. The van der Waals surface area contributed by atoms with E-state index in [2.05, 4.69) is 79.6 Å². The fourth-order valence-electron chi connectivity index (χ4n) is 7.60. The minimum atomic E-state index is -3.23. The van der Waals surface area contributed by atoms with Gasteiger partial charge in [-0.15, -0.1) is 0 Å². The van der Waals surface area contributed by atoms with Crippen molar-refractivity contribution in [3.05, 3.63) is 133 Å². The Morgan fingerprint density at radius 3 is 1.72 bits per heavy atom. The highest BCUT2D eigenvalue weighted by atomic mass is 31.2. The van der Waals surface area contributed by atoms with E-state index in [-0.39, 0.29) is 52.7 Å². The monoisotopic (exact) mass is 936 g/mol. The molecule has 0 spiro atoms. The number of benzene rings is 4. The average molecular weight is 937 g/mol. The first kappa shape index (κ1) is 51.1. The molecular formula is C52H69N2O8PSi2. The topological polar surface area (TPSA) is 120 Å². The normalized spacial score (nSPS) is 16.2. The number of esters is 1. The molecule has 2 amide bonds. The van der Waals surface area contributed by atoms with Gasteiger partial charge in [-0.3, -0.25) is 14.4 Å². The summed E-state index contributed by atoms with van der Waals surface area (Å²) in [6.07, 6.45) is 0.838. The van der Waals surface area contributed by atoms with Gasteiger partial charge in [-0.05, 0) is 83.4 Å². The molecule has 13 heteroatoms. The second-order valence-electron chi connectivity index (χ2n) is 19.7. The van der Waals surface area contributed by atoms with Crippen LogP contribution in [0.15, 0.2) is 128 Å². The maximum atomic E-state index is 15.2. The number of amides is 2. The van der Waals surface area contributed by atoms with Crippen LogP contribution in [0.3, 0.4) is 0 Å². The molecular weight excluding hydrogens is 868 g/mol. The van der Waals surface area contributed by atoms with Gasteiger partial charge < -0.3 is 28.5 Å². The first-order chi connectivity index (χ1) is 30.6. The maximum Gasteiger partial charge on any atom is 0.356 e. The van der Waals surface area contributed by atoms with Crippen molar-refractivity contribution in [3.63, 3.8) is 0 Å². The highest BCUT2D eigenvalue weighted by Gasteiger charge is 2.57. The molecule has 3 atom stereocenters. The minimum absolute atomic E-state index is 0.0719. The molecule has 0 saturated carbocycles. The van der Waals surface area contributed by atoms with Gasteiger partial charge in [0.25, 0.3) is 5.91 Å². The molecule has 4 aromatic carbocycles. The Balaban J connectivity index is 1.55. The molecule has 0 aromatic heterocycles. The number of carbonyl (C=O) groups excluding carboxylic acids is 4. The van der Waals surface area contributed by atoms with Crippen molar-refractivity contribution >= 4 is 68.4 Å². The molecule has 5 rings (SSSR count). The second-order valence-corrected chi connectivity index (χ2v) is 32.6. The van der Waals surface area contributed by atoms with Gasteiger partial charge in [0.2, 0.25) is 5.91 Å². The number of ether oxygens (including phenoxy) is 2. The summed E-state index contributed by atoms with van der Waals surface area (Å²) in [5, 5.41) is 5.32. The molecule has 0 bridgehead atoms. The van der Waals surface area contributed by atoms with Gasteiger partial charge in [-0.2, -0.15) is 0 Å². The number of Topliss-reactive ketones (excluding diaryl/α,β-unsaturated/α-hetero) is 1. The molecule has 1 aliphatic heterocycles. The zero-order valence-electron chi connectivity index (χ0n) is 40.2. The molecule has 4 aromatic rings. The van der Waals surface area contributed by atoms with Crippen molar-refractivity contribution < 1.29 is 37.5 Å². The van der Waals surface area contributed by atoms with Gasteiger partial charge in [-0.25, -0.2) is 4.79 Å². The largest absolute Gasteiger partial charge is 0.484 e. The third kappa shape index (κ3) is 11.6. The van der Waals surface area contributed by atoms with Crippen LogP contribution >= 0.6 is 6.89 Å². The number of likely N-dealkylation sites (tertiary alicyclic amines) is 1. The van der Waals surface area contributed by atoms with E-state index in [1.807, 2.05) is 97.9 Å². The van der Waals surface area contributed by atoms with Crippen LogP contribution < -0.4 is 26.0 Å². The molecule has 1 fully saturated rings. The summed E-state index contributed by atoms with van der Waals surface area (Å²) < 4.78 is 24.8. The lowest BCUT2D eigenvalue weighted by atomic mass is 9.79. The Morgan fingerprint density at radius 1 is 0.769 bits per heavy atom. The third-order valence-electron chi connectivity index (χ3n) is 13.2. The van der Waals surface area contributed by atoms with Crippen molar-refractivity contribution in [2.75, 3.05) is 26.4 Å². The Morgan fingerprint density at radius 2 is 1.26 bits per heavy atom. The predicted octanol–water partition coefficient (Wildman–Crippen LogP) is 8.87. The lowest BCUT2D eigenvalue weighted by molar-refractivity contribution is -0.156. The minimum Gasteiger partial charge on any atom is -0.484 e. The van der Waals surface area contributed by atoms with Gasteiger partial charge in [0.1, 0.15) is 17.8 Å². The summed E-state index contributed by atoms with van der Waals surface area (Å²) in [5.74, 6) is -1.80. The molecule has 0 radical (unpaired) electrons. The molecule has 1 heterocycles. The summed E-state index contributed by atoms with van der Waals surface area (Å²) >= 11 is 0. The van der Waals surface area contributed by atoms with Crippen molar-refractivity contribution in [1.29, 1.82) is 0 Å². The predicted molar refractivity (Wildman–Crippen MR) is 270 cm³/mol. The van der Waals surface area contributed by atoms with Gasteiger partial charge >= 0.3 is 5.97 Å². The first-order valence-corrected chi connectivity index (χ1v) is 30.1. The van der Waals surface area contributed by atoms with E-state index in [0.29, 0.717) is 24.5 Å². The van der Waals surface area contributed by atoms with Crippen molar-refractivity contribution in [1.82, 2.24) is 10.2 Å². The van der Waals surface area contributed by atoms with E-state index in [0.717, 1.165) is 15.9 Å². The van der Waals surface area contributed by atoms with Crippen LogP contribution in [0.2, 0.25) is 36.3 Å². The average Bonchev–Trinajstić information content (AvgIpc) is 3.26. The number of hydrogen-bond acceptors (Lipinski definition) is 8. The lowest BCUT2D eigenvalue weighted by Gasteiger charge is -2.53. The molecule has 10 nitrogen and oxygen atoms in total. The Bertz CT molecular complexity index is 2240. The summed E-state index contributed by atoms with van der Waals surface area (Å²) in [6.45, 7) is 24.6. The number of rotatable bonds is 20. The van der Waals surface area contributed by atoms with E-state index < -0.39 is 47.6 Å². The summed E-state index contributed by atoms with van der Waals surface area (Å²) in [4.78, 5) is 59.1. The molecule has 1 saturated heterocycles. The quantitative estimate of drug-likeness (QED) is 0.0178. The molecule has 348 valence electrons. The molecule has 1 aliphatic rings. The van der Waals surface area contributed by atoms with Gasteiger partial charge in [0, 0.05) is 25.4 Å². The number of ketones is 1. The van der Waals surface area contributed by atoms with Gasteiger partial charge in [0.05, 0.1) is 24.7 Å². The zero-order valence-corrected chi connectivity index (χ0v) is 43.1. The molecule has 0 unspecified atom stereocenters. The van der Waals surface area contributed by atoms with Crippen LogP contribution in [-0.2, 0) is 28.0 Å². The molecule has 65 heavy (non-hydrogen) atoms. The highest BCUT2D eigenvalue weighted by molar-refractivity contribution is 7.96. The Kier molecular flexibility index (Phi) is 16.7. The number of hydrogen-bond donors (Lipinski definition) is 1. The van der Waals surface area contributed by atoms with Crippen molar-refractivity contribution in [2.24, 2.45) is 5.92 Å². The van der Waals surface area contributed by atoms with Crippen LogP contribution in [0.1, 0.15) is 65.2 Å². The lowest BCUT2D eigenvalue weighted by Crippen LogP contribution is -2.69. The van der Waals surface area contributed by atoms with Crippen LogP contribution in [0, 0.1) is 5.92 Å². The van der Waals surface area contributed by atoms with E-state index in [1.165, 1.54) is 6.08 Å². The van der Waals surface area contributed by atoms with E-state index in [4.69, 9.17) is 18.3 Å². The van der Waals surface area contributed by atoms with Crippen LogP contribution in [0.25, 0.3) is 0 Å². The van der Waals surface area contributed by atoms with E-state index >= 15 is 9.59 Å². The fourth-order valence-corrected chi connectivity index (χ4v) is 14.5. The standard InChI is InChI=1S/C52H69N2O8PSi2/c1-13-34-59-50(58)49(63(41-23-17-14-18-24-41,42-25-19-15-20-26-42)43-27-21-16-22-28-43)54-44(47(48(54)57)38(2)62-65(11,12)52(6,7)8)36-45(55)39-29-31-40(32-30-39)60-37-46(56)53-33-35-61-64(9,10)51(3,4)5/h13-32,38,44,47H,1,33-37H2,2-12H3,(H,53,56)/t38-,44-,47-/m1/s1. The van der Waals surface area contributed by atoms with Gasteiger partial charge in [0.15, 0.2) is 29.0 Å². The van der Waals surface area contributed by atoms with Gasteiger partial charge in [-0.1, -0.05) is 145 Å². The number of β-lactam (4-membered cyclic amide) rings is 1. The van der Waals surface area contributed by atoms with Crippen LogP contribution in [0.5, 0.6) is 5.75 Å². The molecule has 0 aliphatic carbocycles.